The molecule has 0 aliphatic heterocycles. The first-order valence-corrected chi connectivity index (χ1v) is 6.57. The SMILES string of the molecule is CC(N)C(=O)NCCOc1cccc(C(C)(C)C)c1.Cl. The minimum absolute atomic E-state index is 0. The summed E-state index contributed by atoms with van der Waals surface area (Å²) in [5.74, 6) is 0.662. The zero-order chi connectivity index (χ0) is 14.5. The van der Waals surface area contributed by atoms with E-state index < -0.39 is 6.04 Å². The average molecular weight is 301 g/mol. The number of amides is 1. The molecule has 0 aliphatic rings. The van der Waals surface area contributed by atoms with Crippen molar-refractivity contribution in [1.82, 2.24) is 5.32 Å². The van der Waals surface area contributed by atoms with Crippen LogP contribution in [0.25, 0.3) is 0 Å². The molecule has 1 rings (SSSR count). The Morgan fingerprint density at radius 1 is 1.40 bits per heavy atom. The number of rotatable bonds is 5. The van der Waals surface area contributed by atoms with Gasteiger partial charge in [0.05, 0.1) is 12.6 Å². The first-order valence-electron chi connectivity index (χ1n) is 6.57. The van der Waals surface area contributed by atoms with Crippen molar-refractivity contribution in [2.45, 2.75) is 39.2 Å². The standard InChI is InChI=1S/C15H24N2O2.ClH/c1-11(16)14(18)17-8-9-19-13-7-5-6-12(10-13)15(2,3)4;/h5-7,10-11H,8-9,16H2,1-4H3,(H,17,18);1H. The highest BCUT2D eigenvalue weighted by Gasteiger charge is 2.13. The van der Waals surface area contributed by atoms with Crippen LogP contribution in [0, 0.1) is 0 Å². The van der Waals surface area contributed by atoms with E-state index in [0.717, 1.165) is 5.75 Å². The van der Waals surface area contributed by atoms with Crippen molar-refractivity contribution in [3.05, 3.63) is 29.8 Å². The highest BCUT2D eigenvalue weighted by Crippen LogP contribution is 2.25. The topological polar surface area (TPSA) is 64.4 Å². The molecule has 1 aromatic carbocycles. The molecular weight excluding hydrogens is 276 g/mol. The van der Waals surface area contributed by atoms with Crippen LogP contribution in [-0.2, 0) is 10.2 Å². The van der Waals surface area contributed by atoms with Crippen molar-refractivity contribution in [3.63, 3.8) is 0 Å². The Hall–Kier alpha value is -1.26. The van der Waals surface area contributed by atoms with Crippen molar-refractivity contribution in [2.24, 2.45) is 5.73 Å². The Balaban J connectivity index is 0.00000361. The number of carbonyl (C=O) groups is 1. The van der Waals surface area contributed by atoms with E-state index in [2.05, 4.69) is 32.2 Å². The number of nitrogens with one attached hydrogen (secondary N) is 1. The van der Waals surface area contributed by atoms with Crippen molar-refractivity contribution in [2.75, 3.05) is 13.2 Å². The highest BCUT2D eigenvalue weighted by atomic mass is 35.5. The molecule has 20 heavy (non-hydrogen) atoms. The Labute approximate surface area is 127 Å². The van der Waals surface area contributed by atoms with Crippen LogP contribution in [0.4, 0.5) is 0 Å². The maximum absolute atomic E-state index is 11.2. The monoisotopic (exact) mass is 300 g/mol. The summed E-state index contributed by atoms with van der Waals surface area (Å²) in [5.41, 5.74) is 6.77. The molecule has 0 bridgehead atoms. The molecule has 3 N–H and O–H groups in total. The molecule has 4 nitrogen and oxygen atoms in total. The third-order valence-electron chi connectivity index (χ3n) is 2.78. The predicted octanol–water partition coefficient (Wildman–Crippen LogP) is 2.25. The van der Waals surface area contributed by atoms with Crippen LogP contribution in [0.3, 0.4) is 0 Å². The van der Waals surface area contributed by atoms with Gasteiger partial charge in [-0.15, -0.1) is 12.4 Å². The van der Waals surface area contributed by atoms with Gasteiger partial charge in [-0.1, -0.05) is 32.9 Å². The molecule has 1 unspecified atom stereocenters. The van der Waals surface area contributed by atoms with Crippen LogP contribution in [0.15, 0.2) is 24.3 Å². The number of halogens is 1. The van der Waals surface area contributed by atoms with E-state index in [0.29, 0.717) is 13.2 Å². The fraction of sp³-hybridized carbons (Fsp3) is 0.533. The number of hydrogen-bond donors (Lipinski definition) is 2. The Morgan fingerprint density at radius 3 is 2.60 bits per heavy atom. The third-order valence-corrected chi connectivity index (χ3v) is 2.78. The first kappa shape index (κ1) is 18.7. The molecule has 5 heteroatoms. The number of nitrogens with two attached hydrogens (primary N) is 1. The van der Waals surface area contributed by atoms with Gasteiger partial charge in [-0.2, -0.15) is 0 Å². The van der Waals surface area contributed by atoms with Gasteiger partial charge in [0, 0.05) is 0 Å². The molecular formula is C15H25ClN2O2. The van der Waals surface area contributed by atoms with Crippen LogP contribution >= 0.6 is 12.4 Å². The molecule has 0 radical (unpaired) electrons. The van der Waals surface area contributed by atoms with E-state index in [4.69, 9.17) is 10.5 Å². The maximum Gasteiger partial charge on any atom is 0.236 e. The van der Waals surface area contributed by atoms with Crippen molar-refractivity contribution in [1.29, 1.82) is 0 Å². The summed E-state index contributed by atoms with van der Waals surface area (Å²) in [5, 5.41) is 2.71. The molecule has 0 saturated carbocycles. The Kier molecular flexibility index (Phi) is 7.61. The van der Waals surface area contributed by atoms with Gasteiger partial charge in [0.1, 0.15) is 12.4 Å². The Bertz CT molecular complexity index is 428. The van der Waals surface area contributed by atoms with Crippen molar-refractivity contribution in [3.8, 4) is 5.75 Å². The molecule has 0 saturated heterocycles. The maximum atomic E-state index is 11.2. The predicted molar refractivity (Wildman–Crippen MR) is 84.5 cm³/mol. The molecule has 1 atom stereocenters. The normalized spacial score (nSPS) is 12.2. The largest absolute Gasteiger partial charge is 0.492 e. The van der Waals surface area contributed by atoms with E-state index >= 15 is 0 Å². The average Bonchev–Trinajstić information content (AvgIpc) is 2.33. The van der Waals surface area contributed by atoms with E-state index in [-0.39, 0.29) is 23.7 Å². The quantitative estimate of drug-likeness (QED) is 0.820. The lowest BCUT2D eigenvalue weighted by atomic mass is 9.87. The van der Waals surface area contributed by atoms with E-state index in [1.54, 1.807) is 6.92 Å². The number of ether oxygens (including phenoxy) is 1. The van der Waals surface area contributed by atoms with E-state index in [9.17, 15) is 4.79 Å². The molecule has 114 valence electrons. The minimum Gasteiger partial charge on any atom is -0.492 e. The zero-order valence-corrected chi connectivity index (χ0v) is 13.4. The second-order valence-corrected chi connectivity index (χ2v) is 5.71. The van der Waals surface area contributed by atoms with Crippen molar-refractivity contribution >= 4 is 18.3 Å². The van der Waals surface area contributed by atoms with Crippen LogP contribution in [0.1, 0.15) is 33.3 Å². The van der Waals surface area contributed by atoms with Gasteiger partial charge < -0.3 is 15.8 Å². The lowest BCUT2D eigenvalue weighted by Gasteiger charge is -2.19. The second-order valence-electron chi connectivity index (χ2n) is 5.71. The van der Waals surface area contributed by atoms with Gasteiger partial charge >= 0.3 is 0 Å². The lowest BCUT2D eigenvalue weighted by Crippen LogP contribution is -2.40. The third kappa shape index (κ3) is 6.26. The van der Waals surface area contributed by atoms with Crippen LogP contribution in [0.5, 0.6) is 5.75 Å². The van der Waals surface area contributed by atoms with Crippen LogP contribution in [-0.4, -0.2) is 25.1 Å². The molecule has 0 fully saturated rings. The van der Waals surface area contributed by atoms with Crippen molar-refractivity contribution < 1.29 is 9.53 Å². The number of benzene rings is 1. The molecule has 0 spiro atoms. The van der Waals surface area contributed by atoms with Crippen LogP contribution in [0.2, 0.25) is 0 Å². The van der Waals surface area contributed by atoms with Gasteiger partial charge in [-0.25, -0.2) is 0 Å². The molecule has 0 aliphatic carbocycles. The summed E-state index contributed by atoms with van der Waals surface area (Å²) in [6, 6.07) is 7.54. The first-order chi connectivity index (χ1) is 8.80. The lowest BCUT2D eigenvalue weighted by molar-refractivity contribution is -0.122. The smallest absolute Gasteiger partial charge is 0.236 e. The van der Waals surface area contributed by atoms with Gasteiger partial charge in [-0.05, 0) is 30.0 Å². The summed E-state index contributed by atoms with van der Waals surface area (Å²) >= 11 is 0. The molecule has 1 amide bonds. The zero-order valence-electron chi connectivity index (χ0n) is 12.6. The van der Waals surface area contributed by atoms with Gasteiger partial charge in [0.25, 0.3) is 0 Å². The molecule has 0 heterocycles. The highest BCUT2D eigenvalue weighted by molar-refractivity contribution is 5.85. The van der Waals surface area contributed by atoms with Gasteiger partial charge in [0.2, 0.25) is 5.91 Å². The Morgan fingerprint density at radius 2 is 2.05 bits per heavy atom. The fourth-order valence-corrected chi connectivity index (χ4v) is 1.56. The summed E-state index contributed by atoms with van der Waals surface area (Å²) < 4.78 is 5.62. The summed E-state index contributed by atoms with van der Waals surface area (Å²) in [7, 11) is 0. The number of carbonyl (C=O) groups excluding carboxylic acids is 1. The molecule has 1 aromatic rings. The summed E-state index contributed by atoms with van der Waals surface area (Å²) in [4.78, 5) is 11.2. The van der Waals surface area contributed by atoms with E-state index in [1.807, 2.05) is 18.2 Å². The fourth-order valence-electron chi connectivity index (χ4n) is 1.56. The van der Waals surface area contributed by atoms with Gasteiger partial charge in [0.15, 0.2) is 0 Å². The summed E-state index contributed by atoms with van der Waals surface area (Å²) in [6.07, 6.45) is 0. The van der Waals surface area contributed by atoms with Gasteiger partial charge in [-0.3, -0.25) is 4.79 Å². The van der Waals surface area contributed by atoms with E-state index in [1.165, 1.54) is 5.56 Å². The molecule has 0 aromatic heterocycles. The second kappa shape index (κ2) is 8.12. The minimum atomic E-state index is -0.482. The summed E-state index contributed by atoms with van der Waals surface area (Å²) in [6.45, 7) is 9.04. The number of hydrogen-bond acceptors (Lipinski definition) is 3. The van der Waals surface area contributed by atoms with Crippen LogP contribution < -0.4 is 15.8 Å².